The van der Waals surface area contributed by atoms with Crippen LogP contribution in [-0.4, -0.2) is 14.1 Å². The van der Waals surface area contributed by atoms with E-state index < -0.39 is 0 Å². The molecule has 1 heteroatoms. The summed E-state index contributed by atoms with van der Waals surface area (Å²) < 4.78 is 0. The van der Waals surface area contributed by atoms with E-state index in [2.05, 4.69) is 20.8 Å². The second kappa shape index (κ2) is 8.63. The molecule has 0 aliphatic rings. The highest BCUT2D eigenvalue weighted by Crippen LogP contribution is 2.11. The molecule has 66 valence electrons. The zero-order valence-electron chi connectivity index (χ0n) is 8.53. The van der Waals surface area contributed by atoms with Gasteiger partial charge < -0.3 is 0 Å². The van der Waals surface area contributed by atoms with Crippen LogP contribution in [0.5, 0.6) is 0 Å². The maximum atomic E-state index is 2.38. The second-order valence-corrected chi connectivity index (χ2v) is 7.47. The van der Waals surface area contributed by atoms with Crippen LogP contribution >= 0.6 is 0 Å². The Kier molecular flexibility index (Phi) is 9.05. The number of hydrogen-bond donors (Lipinski definition) is 0. The Balaban J connectivity index is 3.07. The molecule has 0 atom stereocenters. The summed E-state index contributed by atoms with van der Waals surface area (Å²) >= 11 is -0.235. The van der Waals surface area contributed by atoms with Crippen molar-refractivity contribution in [3.63, 3.8) is 0 Å². The maximum absolute atomic E-state index is 2.38. The molecule has 0 heterocycles. The van der Waals surface area contributed by atoms with Crippen LogP contribution < -0.4 is 0 Å². The largest absolute Gasteiger partial charge is 0.261 e. The Morgan fingerprint density at radius 3 is 1.91 bits per heavy atom. The Labute approximate surface area is 76.8 Å². The second-order valence-electron chi connectivity index (χ2n) is 3.53. The van der Waals surface area contributed by atoms with E-state index in [0.29, 0.717) is 0 Å². The lowest BCUT2D eigenvalue weighted by atomic mass is 10.2. The highest BCUT2D eigenvalue weighted by atomic mass is 27.2. The van der Waals surface area contributed by atoms with Gasteiger partial charge in [0.2, 0.25) is 0 Å². The lowest BCUT2D eigenvalue weighted by Gasteiger charge is -2.04. The van der Waals surface area contributed by atoms with Gasteiger partial charge in [0, 0.05) is 0 Å². The smallest absolute Gasteiger partial charge is 0.0967 e. The Morgan fingerprint density at radius 2 is 1.45 bits per heavy atom. The van der Waals surface area contributed by atoms with Crippen LogP contribution in [0, 0.1) is 0 Å². The van der Waals surface area contributed by atoms with Gasteiger partial charge in [0.1, 0.15) is 0 Å². The minimum atomic E-state index is -0.235. The molecule has 0 radical (unpaired) electrons. The molecule has 0 unspecified atom stereocenters. The molecule has 0 aliphatic carbocycles. The fourth-order valence-electron chi connectivity index (χ4n) is 1.56. The third-order valence-electron chi connectivity index (χ3n) is 2.62. The fraction of sp³-hybridized carbons (Fsp3) is 1.00. The third-order valence-corrected chi connectivity index (χ3v) is 6.15. The van der Waals surface area contributed by atoms with Crippen molar-refractivity contribution in [2.24, 2.45) is 0 Å². The lowest BCUT2D eigenvalue weighted by molar-refractivity contribution is 0.697. The topological polar surface area (TPSA) is 0 Å². The van der Waals surface area contributed by atoms with Gasteiger partial charge in [-0.1, -0.05) is 62.3 Å². The van der Waals surface area contributed by atoms with Gasteiger partial charge in [-0.05, 0) is 0 Å². The van der Waals surface area contributed by atoms with Gasteiger partial charge in [0.25, 0.3) is 14.1 Å². The highest BCUT2D eigenvalue weighted by molar-refractivity contribution is 6.58. The minimum Gasteiger partial charge on any atom is -0.0967 e. The van der Waals surface area contributed by atoms with Crippen molar-refractivity contribution in [2.45, 2.75) is 62.3 Å². The van der Waals surface area contributed by atoms with Crippen molar-refractivity contribution in [2.75, 3.05) is 0 Å². The molecule has 0 aromatic heterocycles. The molecule has 0 N–H and O–H groups in total. The molecule has 0 saturated carbocycles. The standard InChI is InChI=1S/C6H13.2C2H5.Al/c1-3-5-6-4-2;2*1-2;/h1,3-6H2,2H3;2*1H2,2H3;. The molecule has 0 aromatic rings. The van der Waals surface area contributed by atoms with E-state index >= 15 is 0 Å². The fourth-order valence-corrected chi connectivity index (χ4v) is 3.82. The Hall–Kier alpha value is 0.532. The SMILES string of the molecule is CCCCC[CH2][Al]([CH2]C)[CH2]C. The maximum Gasteiger partial charge on any atom is 0.261 e. The molecule has 0 fully saturated rings. The summed E-state index contributed by atoms with van der Waals surface area (Å²) in [5.41, 5.74) is 0. The molecular formula is C10H23Al. The summed E-state index contributed by atoms with van der Waals surface area (Å²) in [4.78, 5) is 0. The van der Waals surface area contributed by atoms with Crippen molar-refractivity contribution in [1.29, 1.82) is 0 Å². The van der Waals surface area contributed by atoms with E-state index in [4.69, 9.17) is 0 Å². The number of rotatable bonds is 7. The first-order valence-electron chi connectivity index (χ1n) is 5.35. The van der Waals surface area contributed by atoms with Gasteiger partial charge >= 0.3 is 0 Å². The number of hydrogen-bond acceptors (Lipinski definition) is 0. The summed E-state index contributed by atoms with van der Waals surface area (Å²) in [6.07, 6.45) is 5.84. The third kappa shape index (κ3) is 6.91. The summed E-state index contributed by atoms with van der Waals surface area (Å²) in [7, 11) is 0. The first-order chi connectivity index (χ1) is 5.35. The van der Waals surface area contributed by atoms with Crippen molar-refractivity contribution in [1.82, 2.24) is 0 Å². The summed E-state index contributed by atoms with van der Waals surface area (Å²) in [6, 6.07) is 0. The van der Waals surface area contributed by atoms with Gasteiger partial charge in [-0.25, -0.2) is 0 Å². The van der Waals surface area contributed by atoms with Crippen LogP contribution in [0.15, 0.2) is 0 Å². The molecular weight excluding hydrogens is 147 g/mol. The van der Waals surface area contributed by atoms with Gasteiger partial charge in [-0.2, -0.15) is 0 Å². The van der Waals surface area contributed by atoms with E-state index in [-0.39, 0.29) is 14.1 Å². The van der Waals surface area contributed by atoms with E-state index in [1.807, 2.05) is 0 Å². The van der Waals surface area contributed by atoms with E-state index in [9.17, 15) is 0 Å². The van der Waals surface area contributed by atoms with Crippen molar-refractivity contribution in [3.8, 4) is 0 Å². The van der Waals surface area contributed by atoms with Gasteiger partial charge in [0.05, 0.1) is 0 Å². The van der Waals surface area contributed by atoms with Crippen molar-refractivity contribution >= 4 is 14.1 Å². The van der Waals surface area contributed by atoms with Gasteiger partial charge in [-0.3, -0.25) is 0 Å². The molecule has 0 aliphatic heterocycles. The number of unbranched alkanes of at least 4 members (excludes halogenated alkanes) is 3. The van der Waals surface area contributed by atoms with Gasteiger partial charge in [-0.15, -0.1) is 0 Å². The van der Waals surface area contributed by atoms with Crippen molar-refractivity contribution < 1.29 is 0 Å². The van der Waals surface area contributed by atoms with Crippen LogP contribution in [0.4, 0.5) is 0 Å². The zero-order chi connectivity index (χ0) is 8.53. The first-order valence-corrected chi connectivity index (χ1v) is 7.80. The molecule has 0 saturated heterocycles. The predicted octanol–water partition coefficient (Wildman–Crippen LogP) is 4.10. The van der Waals surface area contributed by atoms with Crippen LogP contribution in [0.3, 0.4) is 0 Å². The van der Waals surface area contributed by atoms with Gasteiger partial charge in [0.15, 0.2) is 0 Å². The minimum absolute atomic E-state index is 0.235. The molecule has 0 nitrogen and oxygen atoms in total. The Morgan fingerprint density at radius 1 is 0.818 bits per heavy atom. The quantitative estimate of drug-likeness (QED) is 0.398. The molecule has 0 amide bonds. The molecule has 0 bridgehead atoms. The van der Waals surface area contributed by atoms with Crippen LogP contribution in [0.25, 0.3) is 0 Å². The average Bonchev–Trinajstić information content (AvgIpc) is 2.05. The van der Waals surface area contributed by atoms with Crippen LogP contribution in [0.2, 0.25) is 15.8 Å². The average molecular weight is 170 g/mol. The highest BCUT2D eigenvalue weighted by Gasteiger charge is 2.09. The van der Waals surface area contributed by atoms with Crippen LogP contribution in [0.1, 0.15) is 46.5 Å². The monoisotopic (exact) mass is 170 g/mol. The summed E-state index contributed by atoms with van der Waals surface area (Å²) in [5, 5.41) is 4.64. The lowest BCUT2D eigenvalue weighted by Crippen LogP contribution is -2.07. The first kappa shape index (κ1) is 11.5. The normalized spacial score (nSPS) is 10.1. The molecule has 0 spiro atoms. The predicted molar refractivity (Wildman–Crippen MR) is 55.7 cm³/mol. The van der Waals surface area contributed by atoms with E-state index in [0.717, 1.165) is 0 Å². The molecule has 0 rings (SSSR count). The molecule has 0 aromatic carbocycles. The molecule has 11 heavy (non-hydrogen) atoms. The summed E-state index contributed by atoms with van der Waals surface area (Å²) in [5.74, 6) is 0. The van der Waals surface area contributed by atoms with E-state index in [1.165, 1.54) is 36.2 Å². The summed E-state index contributed by atoms with van der Waals surface area (Å²) in [6.45, 7) is 7.04. The van der Waals surface area contributed by atoms with Crippen LogP contribution in [-0.2, 0) is 0 Å². The van der Waals surface area contributed by atoms with Crippen molar-refractivity contribution in [3.05, 3.63) is 0 Å². The van der Waals surface area contributed by atoms with E-state index in [1.54, 1.807) is 5.28 Å². The Bertz CT molecular complexity index is 67.3. The zero-order valence-corrected chi connectivity index (χ0v) is 9.68.